The van der Waals surface area contributed by atoms with Gasteiger partial charge in [-0.2, -0.15) is 0 Å². The molecule has 0 unspecified atom stereocenters. The highest BCUT2D eigenvalue weighted by molar-refractivity contribution is 7.99. The number of anilines is 1. The molecule has 0 radical (unpaired) electrons. The Morgan fingerprint density at radius 3 is 2.67 bits per heavy atom. The molecule has 11 heteroatoms. The fourth-order valence-electron chi connectivity index (χ4n) is 3.53. The van der Waals surface area contributed by atoms with E-state index >= 15 is 0 Å². The second-order valence-corrected chi connectivity index (χ2v) is 10.3. The quantitative estimate of drug-likeness (QED) is 0.268. The van der Waals surface area contributed by atoms with E-state index in [2.05, 4.69) is 25.8 Å². The molecule has 0 spiro atoms. The van der Waals surface area contributed by atoms with Crippen molar-refractivity contribution >= 4 is 51.6 Å². The highest BCUT2D eigenvalue weighted by Crippen LogP contribution is 2.27. The van der Waals surface area contributed by atoms with Crippen molar-refractivity contribution in [1.29, 1.82) is 0 Å². The van der Waals surface area contributed by atoms with E-state index in [4.69, 9.17) is 11.6 Å². The third kappa shape index (κ3) is 6.31. The molecule has 0 saturated carbocycles. The van der Waals surface area contributed by atoms with Gasteiger partial charge >= 0.3 is 0 Å². The first kappa shape index (κ1) is 25.9. The number of benzene rings is 2. The Morgan fingerprint density at radius 2 is 1.94 bits per heavy atom. The van der Waals surface area contributed by atoms with E-state index < -0.39 is 0 Å². The summed E-state index contributed by atoms with van der Waals surface area (Å²) in [5, 5.41) is 18.0. The van der Waals surface area contributed by atoms with Crippen LogP contribution in [0.1, 0.15) is 41.6 Å². The van der Waals surface area contributed by atoms with Crippen LogP contribution < -0.4 is 10.6 Å². The first-order valence-electron chi connectivity index (χ1n) is 11.3. The average Bonchev–Trinajstić information content (AvgIpc) is 3.50. The largest absolute Gasteiger partial charge is 0.342 e. The number of amides is 2. The van der Waals surface area contributed by atoms with Crippen LogP contribution in [-0.4, -0.2) is 37.3 Å². The van der Waals surface area contributed by atoms with Crippen molar-refractivity contribution in [2.24, 2.45) is 0 Å². The second kappa shape index (κ2) is 11.7. The third-order valence-corrected chi connectivity index (χ3v) is 7.28. The van der Waals surface area contributed by atoms with E-state index in [0.29, 0.717) is 33.2 Å². The first-order valence-corrected chi connectivity index (χ1v) is 13.5. The van der Waals surface area contributed by atoms with Crippen LogP contribution in [0.3, 0.4) is 0 Å². The molecule has 0 bridgehead atoms. The number of carbonyl (C=O) groups is 2. The lowest BCUT2D eigenvalue weighted by atomic mass is 10.1. The number of halogens is 1. The fourth-order valence-corrected chi connectivity index (χ4v) is 5.20. The molecule has 2 amide bonds. The number of carbonyl (C=O) groups excluding carboxylic acids is 2. The standard InChI is InChI=1S/C25H25ClN6O2S2/c1-4-32-22(16(3)27-23(34)18-7-5-6-15(2)12-18)30-31-25(32)36-14-21(33)29-24-28-20(13-35-24)17-8-10-19(26)11-9-17/h5-13,16H,4,14H2,1-3H3,(H,27,34)(H,28,29,33)/t16-/m1/s1. The molecule has 4 rings (SSSR count). The maximum Gasteiger partial charge on any atom is 0.251 e. The van der Waals surface area contributed by atoms with Gasteiger partial charge < -0.3 is 15.2 Å². The normalized spacial score (nSPS) is 11.8. The molecule has 4 aromatic rings. The zero-order chi connectivity index (χ0) is 25.7. The summed E-state index contributed by atoms with van der Waals surface area (Å²) in [6.45, 7) is 6.39. The van der Waals surface area contributed by atoms with E-state index in [1.165, 1.54) is 23.1 Å². The summed E-state index contributed by atoms with van der Waals surface area (Å²) in [5.74, 6) is 0.420. The second-order valence-electron chi connectivity index (χ2n) is 8.03. The molecule has 2 N–H and O–H groups in total. The molecule has 0 aliphatic heterocycles. The van der Waals surface area contributed by atoms with Gasteiger partial charge in [0.25, 0.3) is 5.91 Å². The van der Waals surface area contributed by atoms with E-state index in [9.17, 15) is 9.59 Å². The van der Waals surface area contributed by atoms with Crippen LogP contribution in [0.5, 0.6) is 0 Å². The van der Waals surface area contributed by atoms with Crippen molar-refractivity contribution in [3.05, 3.63) is 75.9 Å². The average molecular weight is 541 g/mol. The highest BCUT2D eigenvalue weighted by Gasteiger charge is 2.20. The lowest BCUT2D eigenvalue weighted by Gasteiger charge is -2.15. The number of nitrogens with one attached hydrogen (secondary N) is 2. The number of nitrogens with zero attached hydrogens (tertiary/aromatic N) is 4. The molecule has 2 aromatic carbocycles. The van der Waals surface area contributed by atoms with Crippen molar-refractivity contribution in [1.82, 2.24) is 25.1 Å². The van der Waals surface area contributed by atoms with Gasteiger partial charge in [-0.15, -0.1) is 21.5 Å². The topological polar surface area (TPSA) is 102 Å². The Balaban J connectivity index is 1.35. The van der Waals surface area contributed by atoms with Gasteiger partial charge in [0.1, 0.15) is 0 Å². The molecule has 2 heterocycles. The van der Waals surface area contributed by atoms with Crippen LogP contribution in [0.15, 0.2) is 59.1 Å². The number of aryl methyl sites for hydroxylation is 1. The molecule has 0 aliphatic carbocycles. The van der Waals surface area contributed by atoms with Gasteiger partial charge in [0.2, 0.25) is 5.91 Å². The maximum atomic E-state index is 12.6. The Morgan fingerprint density at radius 1 is 1.17 bits per heavy atom. The van der Waals surface area contributed by atoms with Gasteiger partial charge in [-0.1, -0.05) is 53.2 Å². The van der Waals surface area contributed by atoms with Crippen molar-refractivity contribution in [2.45, 2.75) is 38.5 Å². The molecule has 0 aliphatic rings. The monoisotopic (exact) mass is 540 g/mol. The lowest BCUT2D eigenvalue weighted by Crippen LogP contribution is -2.28. The first-order chi connectivity index (χ1) is 17.3. The molecule has 1 atom stereocenters. The summed E-state index contributed by atoms with van der Waals surface area (Å²) >= 11 is 8.59. The van der Waals surface area contributed by atoms with Crippen molar-refractivity contribution in [2.75, 3.05) is 11.1 Å². The number of hydrogen-bond donors (Lipinski definition) is 2. The van der Waals surface area contributed by atoms with E-state index in [1.54, 1.807) is 18.2 Å². The van der Waals surface area contributed by atoms with E-state index in [1.807, 2.05) is 61.1 Å². The molecule has 2 aromatic heterocycles. The SMILES string of the molecule is CCn1c(SCC(=O)Nc2nc(-c3ccc(Cl)cc3)cs2)nnc1[C@@H](C)NC(=O)c1cccc(C)c1. The van der Waals surface area contributed by atoms with Crippen LogP contribution >= 0.6 is 34.7 Å². The predicted molar refractivity (Wildman–Crippen MR) is 145 cm³/mol. The van der Waals surface area contributed by atoms with Crippen LogP contribution in [0.25, 0.3) is 11.3 Å². The summed E-state index contributed by atoms with van der Waals surface area (Å²) in [5.41, 5.74) is 3.31. The summed E-state index contributed by atoms with van der Waals surface area (Å²) in [4.78, 5) is 29.7. The molecule has 36 heavy (non-hydrogen) atoms. The van der Waals surface area contributed by atoms with Crippen molar-refractivity contribution < 1.29 is 9.59 Å². The summed E-state index contributed by atoms with van der Waals surface area (Å²) < 4.78 is 1.90. The van der Waals surface area contributed by atoms with Crippen LogP contribution in [0.4, 0.5) is 5.13 Å². The van der Waals surface area contributed by atoms with Crippen molar-refractivity contribution in [3.8, 4) is 11.3 Å². The fraction of sp³-hybridized carbons (Fsp3) is 0.240. The Bertz CT molecular complexity index is 1370. The minimum absolute atomic E-state index is 0.151. The van der Waals surface area contributed by atoms with Gasteiger partial charge in [-0.05, 0) is 45.0 Å². The molecular weight excluding hydrogens is 516 g/mol. The molecule has 186 valence electrons. The smallest absolute Gasteiger partial charge is 0.251 e. The number of hydrogen-bond acceptors (Lipinski definition) is 7. The predicted octanol–water partition coefficient (Wildman–Crippen LogP) is 5.61. The lowest BCUT2D eigenvalue weighted by molar-refractivity contribution is -0.113. The number of thiazole rings is 1. The highest BCUT2D eigenvalue weighted by atomic mass is 35.5. The van der Waals surface area contributed by atoms with Gasteiger partial charge in [0.05, 0.1) is 17.5 Å². The van der Waals surface area contributed by atoms with Gasteiger partial charge in [-0.25, -0.2) is 4.98 Å². The summed E-state index contributed by atoms with van der Waals surface area (Å²) in [7, 11) is 0. The molecule has 0 fully saturated rings. The Kier molecular flexibility index (Phi) is 8.40. The van der Waals surface area contributed by atoms with Gasteiger partial charge in [-0.3, -0.25) is 9.59 Å². The maximum absolute atomic E-state index is 12.6. The van der Waals surface area contributed by atoms with Crippen LogP contribution in [-0.2, 0) is 11.3 Å². The zero-order valence-corrected chi connectivity index (χ0v) is 22.4. The molecular formula is C25H25ClN6O2S2. The van der Waals surface area contributed by atoms with Crippen LogP contribution in [0, 0.1) is 6.92 Å². The molecule has 8 nitrogen and oxygen atoms in total. The third-order valence-electron chi connectivity index (χ3n) is 5.30. The Labute approximate surface area is 222 Å². The summed E-state index contributed by atoms with van der Waals surface area (Å²) in [6.07, 6.45) is 0. The summed E-state index contributed by atoms with van der Waals surface area (Å²) in [6, 6.07) is 14.4. The van der Waals surface area contributed by atoms with Crippen LogP contribution in [0.2, 0.25) is 5.02 Å². The number of aromatic nitrogens is 4. The van der Waals surface area contributed by atoms with Crippen molar-refractivity contribution in [3.63, 3.8) is 0 Å². The Hall–Kier alpha value is -3.21. The minimum Gasteiger partial charge on any atom is -0.342 e. The van der Waals surface area contributed by atoms with E-state index in [-0.39, 0.29) is 23.6 Å². The van der Waals surface area contributed by atoms with Gasteiger partial charge in [0, 0.05) is 28.1 Å². The molecule has 0 saturated heterocycles. The zero-order valence-electron chi connectivity index (χ0n) is 20.0. The van der Waals surface area contributed by atoms with E-state index in [0.717, 1.165) is 16.8 Å². The minimum atomic E-state index is -0.352. The number of rotatable bonds is 9. The number of thioether (sulfide) groups is 1. The van der Waals surface area contributed by atoms with Gasteiger partial charge in [0.15, 0.2) is 16.1 Å².